The summed E-state index contributed by atoms with van der Waals surface area (Å²) in [6.07, 6.45) is 0. The highest BCUT2D eigenvalue weighted by Gasteiger charge is 2.28. The molecule has 1 saturated heterocycles. The third kappa shape index (κ3) is 2.41. The normalized spacial score (nSPS) is 24.0. The highest BCUT2D eigenvalue weighted by Crippen LogP contribution is 2.25. The second-order valence-corrected chi connectivity index (χ2v) is 4.82. The van der Waals surface area contributed by atoms with Gasteiger partial charge in [0.25, 0.3) is 5.91 Å². The minimum absolute atomic E-state index is 0.0502. The van der Waals surface area contributed by atoms with Crippen molar-refractivity contribution in [3.63, 3.8) is 0 Å². The highest BCUT2D eigenvalue weighted by molar-refractivity contribution is 5.97. The first-order valence-electron chi connectivity index (χ1n) is 6.05. The Hall–Kier alpha value is -1.75. The van der Waals surface area contributed by atoms with E-state index in [-0.39, 0.29) is 35.1 Å². The number of rotatable bonds is 1. The Morgan fingerprint density at radius 3 is 2.78 bits per heavy atom. The number of nitrogens with one attached hydrogen (secondary N) is 1. The van der Waals surface area contributed by atoms with Crippen molar-refractivity contribution in [2.45, 2.75) is 25.9 Å². The van der Waals surface area contributed by atoms with Crippen molar-refractivity contribution in [2.24, 2.45) is 0 Å². The van der Waals surface area contributed by atoms with Crippen LogP contribution in [-0.4, -0.2) is 46.2 Å². The van der Waals surface area contributed by atoms with Gasteiger partial charge in [-0.1, -0.05) is 0 Å². The van der Waals surface area contributed by atoms with Crippen LogP contribution in [0.3, 0.4) is 0 Å². The smallest absolute Gasteiger partial charge is 0.257 e. The van der Waals surface area contributed by atoms with Gasteiger partial charge in [-0.05, 0) is 26.0 Å². The summed E-state index contributed by atoms with van der Waals surface area (Å²) in [5.41, 5.74) is 0.230. The number of carbonyl (C=O) groups is 1. The molecule has 0 saturated carbocycles. The van der Waals surface area contributed by atoms with E-state index in [1.54, 1.807) is 4.90 Å². The molecule has 5 nitrogen and oxygen atoms in total. The summed E-state index contributed by atoms with van der Waals surface area (Å²) in [7, 11) is 0. The van der Waals surface area contributed by atoms with E-state index in [2.05, 4.69) is 5.32 Å². The third-order valence-corrected chi connectivity index (χ3v) is 3.24. The SMILES string of the molecule is CC1CN(C(=O)c2ccc(O)cc2O)C(C)CN1. The van der Waals surface area contributed by atoms with Crippen molar-refractivity contribution in [2.75, 3.05) is 13.1 Å². The molecule has 1 aliphatic heterocycles. The Morgan fingerprint density at radius 1 is 1.39 bits per heavy atom. The van der Waals surface area contributed by atoms with Gasteiger partial charge >= 0.3 is 0 Å². The summed E-state index contributed by atoms with van der Waals surface area (Å²) in [5, 5.41) is 22.2. The lowest BCUT2D eigenvalue weighted by Gasteiger charge is -2.37. The minimum Gasteiger partial charge on any atom is -0.508 e. The molecule has 2 unspecified atom stereocenters. The number of phenols is 2. The van der Waals surface area contributed by atoms with Crippen molar-refractivity contribution >= 4 is 5.91 Å². The van der Waals surface area contributed by atoms with Crippen LogP contribution in [0.15, 0.2) is 18.2 Å². The molecule has 1 aromatic rings. The van der Waals surface area contributed by atoms with Crippen LogP contribution in [0, 0.1) is 0 Å². The molecule has 0 spiro atoms. The standard InChI is InChI=1S/C13H18N2O3/c1-8-7-15(9(2)6-14-8)13(18)11-4-3-10(16)5-12(11)17/h3-5,8-9,14,16-17H,6-7H2,1-2H3. The van der Waals surface area contributed by atoms with Crippen LogP contribution in [0.25, 0.3) is 0 Å². The monoisotopic (exact) mass is 250 g/mol. The Kier molecular flexibility index (Phi) is 3.43. The van der Waals surface area contributed by atoms with E-state index >= 15 is 0 Å². The molecule has 1 heterocycles. The second-order valence-electron chi connectivity index (χ2n) is 4.82. The van der Waals surface area contributed by atoms with E-state index in [0.717, 1.165) is 6.54 Å². The van der Waals surface area contributed by atoms with Gasteiger partial charge in [0.15, 0.2) is 0 Å². The Balaban J connectivity index is 2.24. The number of amides is 1. The molecule has 0 aromatic heterocycles. The fourth-order valence-electron chi connectivity index (χ4n) is 2.16. The summed E-state index contributed by atoms with van der Waals surface area (Å²) in [6, 6.07) is 4.37. The summed E-state index contributed by atoms with van der Waals surface area (Å²) >= 11 is 0. The van der Waals surface area contributed by atoms with Crippen LogP contribution in [0.1, 0.15) is 24.2 Å². The van der Waals surface area contributed by atoms with Gasteiger partial charge in [0.05, 0.1) is 5.56 Å². The van der Waals surface area contributed by atoms with Gasteiger partial charge in [-0.2, -0.15) is 0 Å². The minimum atomic E-state index is -0.201. The van der Waals surface area contributed by atoms with Gasteiger partial charge < -0.3 is 20.4 Å². The molecule has 3 N–H and O–H groups in total. The highest BCUT2D eigenvalue weighted by atomic mass is 16.3. The first-order chi connectivity index (χ1) is 8.49. The average molecular weight is 250 g/mol. The van der Waals surface area contributed by atoms with Gasteiger partial charge in [0.1, 0.15) is 11.5 Å². The second kappa shape index (κ2) is 4.86. The Morgan fingerprint density at radius 2 is 2.11 bits per heavy atom. The number of aromatic hydroxyl groups is 2. The number of phenolic OH excluding ortho intramolecular Hbond substituents is 2. The number of carbonyl (C=O) groups excluding carboxylic acids is 1. The maximum absolute atomic E-state index is 12.3. The van der Waals surface area contributed by atoms with Gasteiger partial charge in [-0.3, -0.25) is 4.79 Å². The van der Waals surface area contributed by atoms with Crippen LogP contribution < -0.4 is 5.32 Å². The summed E-state index contributed by atoms with van der Waals surface area (Å²) in [4.78, 5) is 14.1. The van der Waals surface area contributed by atoms with Crippen LogP contribution in [0.4, 0.5) is 0 Å². The molecule has 1 amide bonds. The molecule has 2 rings (SSSR count). The molecule has 98 valence electrons. The quantitative estimate of drug-likeness (QED) is 0.693. The predicted molar refractivity (Wildman–Crippen MR) is 67.7 cm³/mol. The molecule has 18 heavy (non-hydrogen) atoms. The van der Waals surface area contributed by atoms with Crippen molar-refractivity contribution in [3.8, 4) is 11.5 Å². The maximum Gasteiger partial charge on any atom is 0.257 e. The first-order valence-corrected chi connectivity index (χ1v) is 6.05. The molecule has 0 aliphatic carbocycles. The van der Waals surface area contributed by atoms with Crippen LogP contribution in [0.5, 0.6) is 11.5 Å². The fourth-order valence-corrected chi connectivity index (χ4v) is 2.16. The lowest BCUT2D eigenvalue weighted by molar-refractivity contribution is 0.0613. The molecule has 0 bridgehead atoms. The zero-order valence-corrected chi connectivity index (χ0v) is 10.6. The number of benzene rings is 1. The number of hydrogen-bond donors (Lipinski definition) is 3. The summed E-state index contributed by atoms with van der Waals surface area (Å²) < 4.78 is 0. The van der Waals surface area contributed by atoms with E-state index < -0.39 is 0 Å². The zero-order chi connectivity index (χ0) is 13.3. The van der Waals surface area contributed by atoms with E-state index in [1.807, 2.05) is 13.8 Å². The zero-order valence-electron chi connectivity index (χ0n) is 10.6. The van der Waals surface area contributed by atoms with Crippen LogP contribution in [-0.2, 0) is 0 Å². The van der Waals surface area contributed by atoms with Gasteiger partial charge in [0, 0.05) is 31.2 Å². The molecule has 1 aliphatic rings. The van der Waals surface area contributed by atoms with Gasteiger partial charge in [-0.25, -0.2) is 0 Å². The summed E-state index contributed by atoms with van der Waals surface area (Å²) in [6.45, 7) is 5.34. The molecule has 1 aromatic carbocycles. The maximum atomic E-state index is 12.3. The van der Waals surface area contributed by atoms with Crippen LogP contribution >= 0.6 is 0 Å². The molecular formula is C13H18N2O3. The molecule has 1 fully saturated rings. The Labute approximate surface area is 106 Å². The largest absolute Gasteiger partial charge is 0.508 e. The number of hydrogen-bond acceptors (Lipinski definition) is 4. The average Bonchev–Trinajstić information content (AvgIpc) is 2.31. The van der Waals surface area contributed by atoms with Crippen molar-refractivity contribution < 1.29 is 15.0 Å². The third-order valence-electron chi connectivity index (χ3n) is 3.24. The Bertz CT molecular complexity index is 462. The molecular weight excluding hydrogens is 232 g/mol. The number of piperazine rings is 1. The van der Waals surface area contributed by atoms with Gasteiger partial charge in [0.2, 0.25) is 0 Å². The fraction of sp³-hybridized carbons (Fsp3) is 0.462. The van der Waals surface area contributed by atoms with Crippen molar-refractivity contribution in [3.05, 3.63) is 23.8 Å². The molecule has 0 radical (unpaired) electrons. The number of nitrogens with zero attached hydrogens (tertiary/aromatic N) is 1. The lowest BCUT2D eigenvalue weighted by atomic mass is 10.1. The van der Waals surface area contributed by atoms with E-state index in [4.69, 9.17) is 0 Å². The molecule has 2 atom stereocenters. The topological polar surface area (TPSA) is 72.8 Å². The van der Waals surface area contributed by atoms with E-state index in [1.165, 1.54) is 18.2 Å². The van der Waals surface area contributed by atoms with Crippen LogP contribution in [0.2, 0.25) is 0 Å². The van der Waals surface area contributed by atoms with Crippen molar-refractivity contribution in [1.82, 2.24) is 10.2 Å². The van der Waals surface area contributed by atoms with Crippen molar-refractivity contribution in [1.29, 1.82) is 0 Å². The molecule has 5 heteroatoms. The first kappa shape index (κ1) is 12.7. The predicted octanol–water partition coefficient (Wildman–Crippen LogP) is 0.920. The van der Waals surface area contributed by atoms with Gasteiger partial charge in [-0.15, -0.1) is 0 Å². The van der Waals surface area contributed by atoms with E-state index in [0.29, 0.717) is 6.54 Å². The lowest BCUT2D eigenvalue weighted by Crippen LogP contribution is -2.56. The summed E-state index contributed by atoms with van der Waals surface area (Å²) in [5.74, 6) is -0.433. The van der Waals surface area contributed by atoms with E-state index in [9.17, 15) is 15.0 Å².